The average Bonchev–Trinajstić information content (AvgIpc) is 2.98. The SMILES string of the molecule is O=C1CC(N2CCC(Nc3ccc(F)cc3)CC2)C(=O)N1c1cccc(Cl)c1. The second kappa shape index (κ2) is 7.89. The molecule has 2 aromatic rings. The fourth-order valence-electron chi connectivity index (χ4n) is 3.92. The molecular formula is C21H21ClFN3O2. The van der Waals surface area contributed by atoms with Crippen molar-refractivity contribution in [2.75, 3.05) is 23.3 Å². The molecule has 2 saturated heterocycles. The van der Waals surface area contributed by atoms with E-state index in [4.69, 9.17) is 11.6 Å². The lowest BCUT2D eigenvalue weighted by atomic mass is 10.0. The van der Waals surface area contributed by atoms with Crippen LogP contribution in [-0.2, 0) is 9.59 Å². The monoisotopic (exact) mass is 401 g/mol. The van der Waals surface area contributed by atoms with E-state index in [0.717, 1.165) is 31.6 Å². The van der Waals surface area contributed by atoms with Crippen molar-refractivity contribution in [2.45, 2.75) is 31.3 Å². The molecule has 0 saturated carbocycles. The third kappa shape index (κ3) is 3.88. The lowest BCUT2D eigenvalue weighted by Gasteiger charge is -2.35. The van der Waals surface area contributed by atoms with Crippen molar-refractivity contribution in [1.29, 1.82) is 0 Å². The van der Waals surface area contributed by atoms with Gasteiger partial charge in [-0.25, -0.2) is 9.29 Å². The second-order valence-corrected chi connectivity index (χ2v) is 7.67. The number of benzene rings is 2. The van der Waals surface area contributed by atoms with Gasteiger partial charge in [-0.2, -0.15) is 0 Å². The Bertz CT molecular complexity index is 881. The first-order chi connectivity index (χ1) is 13.5. The van der Waals surface area contributed by atoms with Gasteiger partial charge in [0.2, 0.25) is 5.91 Å². The van der Waals surface area contributed by atoms with E-state index in [9.17, 15) is 14.0 Å². The summed E-state index contributed by atoms with van der Waals surface area (Å²) in [6.07, 6.45) is 1.90. The molecule has 2 aliphatic heterocycles. The fourth-order valence-corrected chi connectivity index (χ4v) is 4.11. The van der Waals surface area contributed by atoms with E-state index >= 15 is 0 Å². The zero-order chi connectivity index (χ0) is 19.7. The molecule has 7 heteroatoms. The Morgan fingerprint density at radius 3 is 2.43 bits per heavy atom. The Morgan fingerprint density at radius 2 is 1.75 bits per heavy atom. The van der Waals surface area contributed by atoms with E-state index in [-0.39, 0.29) is 30.1 Å². The maximum Gasteiger partial charge on any atom is 0.251 e. The number of carbonyl (C=O) groups is 2. The van der Waals surface area contributed by atoms with Crippen LogP contribution in [0.2, 0.25) is 5.02 Å². The molecule has 2 heterocycles. The molecule has 1 N–H and O–H groups in total. The average molecular weight is 402 g/mol. The number of rotatable bonds is 4. The second-order valence-electron chi connectivity index (χ2n) is 7.23. The predicted molar refractivity (Wildman–Crippen MR) is 107 cm³/mol. The number of hydrogen-bond donors (Lipinski definition) is 1. The highest BCUT2D eigenvalue weighted by Gasteiger charge is 2.43. The molecule has 28 heavy (non-hydrogen) atoms. The van der Waals surface area contributed by atoms with Crippen molar-refractivity contribution in [2.24, 2.45) is 0 Å². The molecule has 0 bridgehead atoms. The highest BCUT2D eigenvalue weighted by atomic mass is 35.5. The van der Waals surface area contributed by atoms with Crippen LogP contribution in [0.5, 0.6) is 0 Å². The molecular weight excluding hydrogens is 381 g/mol. The van der Waals surface area contributed by atoms with Gasteiger partial charge in [0, 0.05) is 29.8 Å². The van der Waals surface area contributed by atoms with Gasteiger partial charge < -0.3 is 5.32 Å². The summed E-state index contributed by atoms with van der Waals surface area (Å²) in [4.78, 5) is 28.7. The first kappa shape index (κ1) is 18.9. The summed E-state index contributed by atoms with van der Waals surface area (Å²) in [5.41, 5.74) is 1.41. The molecule has 5 nitrogen and oxygen atoms in total. The van der Waals surface area contributed by atoms with Gasteiger partial charge in [-0.1, -0.05) is 17.7 Å². The number of imide groups is 1. The van der Waals surface area contributed by atoms with Crippen LogP contribution in [0.3, 0.4) is 0 Å². The lowest BCUT2D eigenvalue weighted by Crippen LogP contribution is -2.48. The van der Waals surface area contributed by atoms with Crippen molar-refractivity contribution in [3.63, 3.8) is 0 Å². The summed E-state index contributed by atoms with van der Waals surface area (Å²) in [6.45, 7) is 1.46. The first-order valence-corrected chi connectivity index (χ1v) is 9.77. The number of amides is 2. The van der Waals surface area contributed by atoms with Crippen molar-refractivity contribution >= 4 is 34.8 Å². The molecule has 0 radical (unpaired) electrons. The van der Waals surface area contributed by atoms with E-state index in [1.54, 1.807) is 36.4 Å². The number of piperidine rings is 1. The van der Waals surface area contributed by atoms with E-state index in [1.165, 1.54) is 17.0 Å². The molecule has 146 valence electrons. The Hall–Kier alpha value is -2.44. The number of carbonyl (C=O) groups excluding carboxylic acids is 2. The zero-order valence-electron chi connectivity index (χ0n) is 15.3. The molecule has 2 fully saturated rings. The summed E-state index contributed by atoms with van der Waals surface area (Å²) in [5.74, 6) is -0.630. The zero-order valence-corrected chi connectivity index (χ0v) is 16.0. The first-order valence-electron chi connectivity index (χ1n) is 9.40. The third-order valence-electron chi connectivity index (χ3n) is 5.37. The lowest BCUT2D eigenvalue weighted by molar-refractivity contribution is -0.123. The molecule has 2 amide bonds. The van der Waals surface area contributed by atoms with Crippen LogP contribution in [-0.4, -0.2) is 41.9 Å². The Balaban J connectivity index is 1.37. The normalized spacial score (nSPS) is 21.4. The molecule has 2 aliphatic rings. The summed E-state index contributed by atoms with van der Waals surface area (Å²) in [6, 6.07) is 13.0. The molecule has 0 aliphatic carbocycles. The van der Waals surface area contributed by atoms with Crippen LogP contribution >= 0.6 is 11.6 Å². The van der Waals surface area contributed by atoms with Crippen molar-refractivity contribution in [3.8, 4) is 0 Å². The van der Waals surface area contributed by atoms with Gasteiger partial charge in [0.15, 0.2) is 0 Å². The summed E-state index contributed by atoms with van der Waals surface area (Å²) in [5, 5.41) is 3.90. The van der Waals surface area contributed by atoms with Crippen LogP contribution in [0.4, 0.5) is 15.8 Å². The van der Waals surface area contributed by atoms with Crippen LogP contribution in [0.25, 0.3) is 0 Å². The van der Waals surface area contributed by atoms with Crippen LogP contribution in [0.15, 0.2) is 48.5 Å². The highest BCUT2D eigenvalue weighted by Crippen LogP contribution is 2.29. The summed E-state index contributed by atoms with van der Waals surface area (Å²) >= 11 is 6.01. The van der Waals surface area contributed by atoms with E-state index in [2.05, 4.69) is 10.2 Å². The number of anilines is 2. The number of nitrogens with one attached hydrogen (secondary N) is 1. The minimum absolute atomic E-state index is 0.183. The Labute approximate surface area is 168 Å². The smallest absolute Gasteiger partial charge is 0.251 e. The highest BCUT2D eigenvalue weighted by molar-refractivity contribution is 6.31. The molecule has 1 atom stereocenters. The number of likely N-dealkylation sites (tertiary alicyclic amines) is 1. The van der Waals surface area contributed by atoms with Gasteiger partial charge >= 0.3 is 0 Å². The van der Waals surface area contributed by atoms with Crippen molar-refractivity contribution in [3.05, 3.63) is 59.4 Å². The quantitative estimate of drug-likeness (QED) is 0.794. The van der Waals surface area contributed by atoms with E-state index in [1.807, 2.05) is 0 Å². The molecule has 0 aromatic heterocycles. The Kier molecular flexibility index (Phi) is 5.33. The van der Waals surface area contributed by atoms with Crippen LogP contribution in [0.1, 0.15) is 19.3 Å². The molecule has 4 rings (SSSR count). The fraction of sp³-hybridized carbons (Fsp3) is 0.333. The maximum atomic E-state index is 13.0. The predicted octanol–water partition coefficient (Wildman–Crippen LogP) is 3.69. The number of halogens is 2. The van der Waals surface area contributed by atoms with Crippen molar-refractivity contribution < 1.29 is 14.0 Å². The number of hydrogen-bond acceptors (Lipinski definition) is 4. The van der Waals surface area contributed by atoms with Gasteiger partial charge in [0.05, 0.1) is 18.2 Å². The summed E-state index contributed by atoms with van der Waals surface area (Å²) < 4.78 is 13.0. The van der Waals surface area contributed by atoms with E-state index < -0.39 is 6.04 Å². The van der Waals surface area contributed by atoms with E-state index in [0.29, 0.717) is 10.7 Å². The topological polar surface area (TPSA) is 52.7 Å². The molecule has 1 unspecified atom stereocenters. The minimum atomic E-state index is -0.418. The third-order valence-corrected chi connectivity index (χ3v) is 5.61. The number of nitrogens with zero attached hydrogens (tertiary/aromatic N) is 2. The van der Waals surface area contributed by atoms with Gasteiger partial charge in [0.1, 0.15) is 5.82 Å². The van der Waals surface area contributed by atoms with Gasteiger partial charge in [-0.05, 0) is 55.3 Å². The largest absolute Gasteiger partial charge is 0.382 e. The van der Waals surface area contributed by atoms with Gasteiger partial charge in [-0.15, -0.1) is 0 Å². The maximum absolute atomic E-state index is 13.0. The van der Waals surface area contributed by atoms with Gasteiger partial charge in [0.25, 0.3) is 5.91 Å². The Morgan fingerprint density at radius 1 is 1.04 bits per heavy atom. The molecule has 0 spiro atoms. The van der Waals surface area contributed by atoms with Crippen molar-refractivity contribution in [1.82, 2.24) is 4.90 Å². The van der Waals surface area contributed by atoms with Crippen LogP contribution < -0.4 is 10.2 Å². The van der Waals surface area contributed by atoms with Gasteiger partial charge in [-0.3, -0.25) is 14.5 Å². The molecule has 2 aromatic carbocycles. The van der Waals surface area contributed by atoms with Crippen LogP contribution in [0, 0.1) is 5.82 Å². The summed E-state index contributed by atoms with van der Waals surface area (Å²) in [7, 11) is 0. The minimum Gasteiger partial charge on any atom is -0.382 e. The standard InChI is InChI=1S/C21H21ClFN3O2/c22-14-2-1-3-18(12-14)26-20(27)13-19(21(26)28)25-10-8-17(9-11-25)24-16-6-4-15(23)5-7-16/h1-7,12,17,19,24H,8-11,13H2.